The first-order chi connectivity index (χ1) is 19.5. The number of benzene rings is 2. The molecule has 3 heterocycles. The van der Waals surface area contributed by atoms with Crippen LogP contribution in [0.5, 0.6) is 0 Å². The third-order valence-corrected chi connectivity index (χ3v) is 6.88. The van der Waals surface area contributed by atoms with Crippen molar-refractivity contribution in [2.75, 3.05) is 19.6 Å². The molecule has 41 heavy (non-hydrogen) atoms. The standard InChI is InChI=1S/C27H24F5N5O4/c28-18-7-8-21(20(29)11-18)37-24(27(30,31)32)19(12-33-37)26-34-25(35-41-26)17-5-3-16(4-6-17)22(38)14-36-9-1-2-15(13-36)10-23(39)40/h3-8,11-12,15,22,38H,1-2,9-10,13-14H2,(H,39,40)/t15-,22+/m1/s1. The van der Waals surface area contributed by atoms with Crippen LogP contribution in [0.3, 0.4) is 0 Å². The minimum atomic E-state index is -5.00. The van der Waals surface area contributed by atoms with E-state index in [1.54, 1.807) is 24.3 Å². The van der Waals surface area contributed by atoms with Gasteiger partial charge in [0.25, 0.3) is 5.89 Å². The predicted molar refractivity (Wildman–Crippen MR) is 134 cm³/mol. The van der Waals surface area contributed by atoms with Crippen molar-refractivity contribution < 1.29 is 41.5 Å². The molecule has 5 rings (SSSR count). The van der Waals surface area contributed by atoms with Gasteiger partial charge < -0.3 is 19.6 Å². The van der Waals surface area contributed by atoms with E-state index in [0.29, 0.717) is 35.0 Å². The normalized spacial score (nSPS) is 17.1. The number of aliphatic hydroxyl groups excluding tert-OH is 1. The summed E-state index contributed by atoms with van der Waals surface area (Å²) in [5.41, 5.74) is -1.59. The lowest BCUT2D eigenvalue weighted by molar-refractivity contribution is -0.142. The van der Waals surface area contributed by atoms with Crippen LogP contribution < -0.4 is 0 Å². The fourth-order valence-electron chi connectivity index (χ4n) is 5.00. The van der Waals surface area contributed by atoms with Crippen LogP contribution in [-0.4, -0.2) is 60.6 Å². The summed E-state index contributed by atoms with van der Waals surface area (Å²) in [5, 5.41) is 27.2. The molecule has 2 aromatic heterocycles. The van der Waals surface area contributed by atoms with E-state index in [-0.39, 0.29) is 18.2 Å². The first kappa shape index (κ1) is 28.4. The molecule has 1 aliphatic heterocycles. The van der Waals surface area contributed by atoms with Crippen LogP contribution in [0.25, 0.3) is 28.5 Å². The number of alkyl halides is 3. The third kappa shape index (κ3) is 6.28. The second kappa shape index (κ2) is 11.4. The van der Waals surface area contributed by atoms with E-state index < -0.39 is 52.7 Å². The zero-order valence-corrected chi connectivity index (χ0v) is 21.4. The van der Waals surface area contributed by atoms with E-state index in [2.05, 4.69) is 15.2 Å². The van der Waals surface area contributed by atoms with E-state index in [1.807, 2.05) is 4.90 Å². The van der Waals surface area contributed by atoms with Crippen molar-refractivity contribution in [3.63, 3.8) is 0 Å². The molecule has 1 fully saturated rings. The summed E-state index contributed by atoms with van der Waals surface area (Å²) in [6.07, 6.45) is -3.28. The Hall–Kier alpha value is -4.17. The number of piperidine rings is 1. The molecule has 2 atom stereocenters. The number of nitrogens with zero attached hydrogens (tertiary/aromatic N) is 5. The van der Waals surface area contributed by atoms with Gasteiger partial charge in [0.1, 0.15) is 11.5 Å². The average Bonchev–Trinajstić information content (AvgIpc) is 3.56. The Kier molecular flexibility index (Phi) is 7.87. The number of β-amino-alcohol motifs (C(OH)–C–C–N with tert-alkyl or cyclic N) is 1. The van der Waals surface area contributed by atoms with Gasteiger partial charge in [-0.15, -0.1) is 0 Å². The maximum Gasteiger partial charge on any atom is 0.434 e. The van der Waals surface area contributed by atoms with Crippen LogP contribution in [0.15, 0.2) is 53.2 Å². The first-order valence-electron chi connectivity index (χ1n) is 12.7. The second-order valence-electron chi connectivity index (χ2n) is 9.84. The van der Waals surface area contributed by atoms with Gasteiger partial charge in [-0.05, 0) is 43.0 Å². The number of rotatable bonds is 8. The SMILES string of the molecule is O=C(O)C[C@H]1CCCN(C[C@H](O)c2ccc(-c3noc(-c4cnn(-c5ccc(F)cc5F)c4C(F)(F)F)n3)cc2)C1. The van der Waals surface area contributed by atoms with Crippen molar-refractivity contribution in [1.82, 2.24) is 24.8 Å². The van der Waals surface area contributed by atoms with Gasteiger partial charge in [0.05, 0.1) is 17.9 Å². The summed E-state index contributed by atoms with van der Waals surface area (Å²) in [6.45, 7) is 1.65. The lowest BCUT2D eigenvalue weighted by atomic mass is 9.94. The summed E-state index contributed by atoms with van der Waals surface area (Å²) in [5.74, 6) is -3.54. The Morgan fingerprint density at radius 3 is 2.59 bits per heavy atom. The van der Waals surface area contributed by atoms with Crippen LogP contribution in [-0.2, 0) is 11.0 Å². The molecular weight excluding hydrogens is 553 g/mol. The molecule has 0 radical (unpaired) electrons. The molecule has 1 saturated heterocycles. The summed E-state index contributed by atoms with van der Waals surface area (Å²) >= 11 is 0. The van der Waals surface area contributed by atoms with Crippen LogP contribution in [0.1, 0.15) is 36.6 Å². The Morgan fingerprint density at radius 1 is 1.15 bits per heavy atom. The van der Waals surface area contributed by atoms with Gasteiger partial charge in [-0.25, -0.2) is 13.5 Å². The van der Waals surface area contributed by atoms with Crippen molar-refractivity contribution in [2.45, 2.75) is 31.5 Å². The number of hydrogen-bond acceptors (Lipinski definition) is 7. The molecule has 14 heteroatoms. The summed E-state index contributed by atoms with van der Waals surface area (Å²) in [7, 11) is 0. The molecule has 0 saturated carbocycles. The molecule has 2 N–H and O–H groups in total. The molecule has 0 amide bonds. The number of carboxylic acids is 1. The lowest BCUT2D eigenvalue weighted by Crippen LogP contribution is -2.38. The highest BCUT2D eigenvalue weighted by Crippen LogP contribution is 2.39. The summed E-state index contributed by atoms with van der Waals surface area (Å²) in [6, 6.07) is 8.53. The van der Waals surface area contributed by atoms with Gasteiger partial charge in [0, 0.05) is 31.1 Å². The highest BCUT2D eigenvalue weighted by atomic mass is 19.4. The van der Waals surface area contributed by atoms with Crippen molar-refractivity contribution in [1.29, 1.82) is 0 Å². The molecule has 1 aliphatic rings. The van der Waals surface area contributed by atoms with E-state index >= 15 is 0 Å². The molecule has 0 bridgehead atoms. The van der Waals surface area contributed by atoms with Gasteiger partial charge in [0.2, 0.25) is 5.82 Å². The third-order valence-electron chi connectivity index (χ3n) is 6.88. The van der Waals surface area contributed by atoms with Gasteiger partial charge in [-0.3, -0.25) is 4.79 Å². The summed E-state index contributed by atoms with van der Waals surface area (Å²) in [4.78, 5) is 17.1. The number of carbonyl (C=O) groups is 1. The van der Waals surface area contributed by atoms with Gasteiger partial charge in [0.15, 0.2) is 11.5 Å². The van der Waals surface area contributed by atoms with Crippen LogP contribution in [0.4, 0.5) is 22.0 Å². The number of aromatic nitrogens is 4. The number of halogens is 5. The molecule has 0 unspecified atom stereocenters. The second-order valence-corrected chi connectivity index (χ2v) is 9.84. The van der Waals surface area contributed by atoms with Crippen molar-refractivity contribution in [3.05, 3.63) is 71.6 Å². The molecule has 2 aromatic carbocycles. The topological polar surface area (TPSA) is 118 Å². The van der Waals surface area contributed by atoms with E-state index in [0.717, 1.165) is 37.7 Å². The number of aliphatic hydroxyl groups is 1. The molecule has 4 aromatic rings. The number of carboxylic acid groups (broad SMARTS) is 1. The number of likely N-dealkylation sites (tertiary alicyclic amines) is 1. The van der Waals surface area contributed by atoms with E-state index in [4.69, 9.17) is 9.63 Å². The highest BCUT2D eigenvalue weighted by molar-refractivity contribution is 5.67. The minimum absolute atomic E-state index is 0.0255. The Balaban J connectivity index is 1.34. The van der Waals surface area contributed by atoms with Crippen LogP contribution >= 0.6 is 0 Å². The zero-order chi connectivity index (χ0) is 29.3. The number of aliphatic carboxylic acids is 1. The fourth-order valence-corrected chi connectivity index (χ4v) is 5.00. The zero-order valence-electron chi connectivity index (χ0n) is 21.4. The largest absolute Gasteiger partial charge is 0.481 e. The summed E-state index contributed by atoms with van der Waals surface area (Å²) < 4.78 is 75.0. The van der Waals surface area contributed by atoms with Crippen molar-refractivity contribution in [2.24, 2.45) is 5.92 Å². The Morgan fingerprint density at radius 2 is 1.90 bits per heavy atom. The molecule has 9 nitrogen and oxygen atoms in total. The van der Waals surface area contributed by atoms with E-state index in [1.165, 1.54) is 0 Å². The van der Waals surface area contributed by atoms with E-state index in [9.17, 15) is 31.9 Å². The van der Waals surface area contributed by atoms with Crippen molar-refractivity contribution >= 4 is 5.97 Å². The number of hydrogen-bond donors (Lipinski definition) is 2. The lowest BCUT2D eigenvalue weighted by Gasteiger charge is -2.33. The molecule has 216 valence electrons. The highest BCUT2D eigenvalue weighted by Gasteiger charge is 2.41. The monoisotopic (exact) mass is 577 g/mol. The smallest absolute Gasteiger partial charge is 0.434 e. The quantitative estimate of drug-likeness (QED) is 0.278. The van der Waals surface area contributed by atoms with Gasteiger partial charge in [-0.1, -0.05) is 29.4 Å². The maximum atomic E-state index is 14.3. The predicted octanol–water partition coefficient (Wildman–Crippen LogP) is 5.11. The molecule has 0 aliphatic carbocycles. The van der Waals surface area contributed by atoms with Crippen molar-refractivity contribution in [3.8, 4) is 28.5 Å². The Bertz CT molecular complexity index is 1540. The van der Waals surface area contributed by atoms with Crippen LogP contribution in [0, 0.1) is 17.6 Å². The van der Waals surface area contributed by atoms with Gasteiger partial charge >= 0.3 is 12.1 Å². The maximum absolute atomic E-state index is 14.3. The minimum Gasteiger partial charge on any atom is -0.481 e. The molecular formula is C27H24F5N5O4. The van der Waals surface area contributed by atoms with Gasteiger partial charge in [-0.2, -0.15) is 23.3 Å². The average molecular weight is 578 g/mol. The molecule has 0 spiro atoms. The Labute approximate surface area is 229 Å². The fraction of sp³-hybridized carbons (Fsp3) is 0.333. The van der Waals surface area contributed by atoms with Crippen LogP contribution in [0.2, 0.25) is 0 Å². The first-order valence-corrected chi connectivity index (χ1v) is 12.7.